The summed E-state index contributed by atoms with van der Waals surface area (Å²) < 4.78 is 15.7. The molecule has 3 rings (SSSR count). The second-order valence-corrected chi connectivity index (χ2v) is 4.88. The third-order valence-corrected chi connectivity index (χ3v) is 3.41. The third-order valence-electron chi connectivity index (χ3n) is 3.10. The van der Waals surface area contributed by atoms with Crippen molar-refractivity contribution < 1.29 is 4.39 Å². The average Bonchev–Trinajstić information content (AvgIpc) is 3.09. The van der Waals surface area contributed by atoms with Crippen LogP contribution in [0.1, 0.15) is 24.6 Å². The molecule has 0 amide bonds. The molecule has 0 radical (unpaired) electrons. The van der Waals surface area contributed by atoms with Crippen LogP contribution >= 0.6 is 11.6 Å². The molecule has 1 N–H and O–H groups in total. The molecule has 1 aromatic heterocycles. The number of rotatable bonds is 4. The quantitative estimate of drug-likeness (QED) is 0.915. The SMILES string of the molecule is Fc1cccc(Cl)c1NCc1cncn1C1CC1. The van der Waals surface area contributed by atoms with Crippen molar-refractivity contribution in [3.8, 4) is 0 Å². The predicted molar refractivity (Wildman–Crippen MR) is 69.2 cm³/mol. The lowest BCUT2D eigenvalue weighted by molar-refractivity contribution is 0.629. The summed E-state index contributed by atoms with van der Waals surface area (Å²) in [6, 6.07) is 5.23. The lowest BCUT2D eigenvalue weighted by atomic mass is 10.3. The topological polar surface area (TPSA) is 29.9 Å². The van der Waals surface area contributed by atoms with Gasteiger partial charge in [-0.2, -0.15) is 0 Å². The Hall–Kier alpha value is -1.55. The van der Waals surface area contributed by atoms with Gasteiger partial charge in [-0.1, -0.05) is 17.7 Å². The average molecular weight is 266 g/mol. The van der Waals surface area contributed by atoms with Crippen LogP contribution in [0.2, 0.25) is 5.02 Å². The molecule has 1 aliphatic carbocycles. The number of halogens is 2. The van der Waals surface area contributed by atoms with Gasteiger partial charge in [0.05, 0.1) is 29.3 Å². The van der Waals surface area contributed by atoms with E-state index in [-0.39, 0.29) is 5.82 Å². The van der Waals surface area contributed by atoms with Crippen molar-refractivity contribution >= 4 is 17.3 Å². The first-order valence-corrected chi connectivity index (χ1v) is 6.32. The van der Waals surface area contributed by atoms with Crippen LogP contribution in [0.4, 0.5) is 10.1 Å². The molecule has 0 aliphatic heterocycles. The standard InChI is InChI=1S/C13H13ClFN3/c14-11-2-1-3-12(15)13(11)17-7-10-6-16-8-18(10)9-4-5-9/h1-3,6,8-9,17H,4-5,7H2. The zero-order chi connectivity index (χ0) is 12.5. The molecule has 94 valence electrons. The van der Waals surface area contributed by atoms with Gasteiger partial charge in [0, 0.05) is 12.2 Å². The Kier molecular flexibility index (Phi) is 2.96. The van der Waals surface area contributed by atoms with Gasteiger partial charge in [-0.25, -0.2) is 9.37 Å². The number of hydrogen-bond donors (Lipinski definition) is 1. The molecule has 0 saturated heterocycles. The molecule has 3 nitrogen and oxygen atoms in total. The summed E-state index contributed by atoms with van der Waals surface area (Å²) in [5, 5.41) is 3.43. The van der Waals surface area contributed by atoms with Gasteiger partial charge >= 0.3 is 0 Å². The van der Waals surface area contributed by atoms with Crippen LogP contribution in [-0.4, -0.2) is 9.55 Å². The Balaban J connectivity index is 1.76. The highest BCUT2D eigenvalue weighted by molar-refractivity contribution is 6.33. The molecular weight excluding hydrogens is 253 g/mol. The van der Waals surface area contributed by atoms with E-state index in [4.69, 9.17) is 11.6 Å². The van der Waals surface area contributed by atoms with Gasteiger partial charge in [-0.3, -0.25) is 0 Å². The van der Waals surface area contributed by atoms with E-state index in [0.29, 0.717) is 23.3 Å². The van der Waals surface area contributed by atoms with E-state index in [0.717, 1.165) is 5.69 Å². The van der Waals surface area contributed by atoms with Crippen molar-refractivity contribution in [1.29, 1.82) is 0 Å². The van der Waals surface area contributed by atoms with E-state index in [1.54, 1.807) is 18.3 Å². The minimum Gasteiger partial charge on any atom is -0.376 e. The Morgan fingerprint density at radius 1 is 1.44 bits per heavy atom. The summed E-state index contributed by atoms with van der Waals surface area (Å²) in [6.07, 6.45) is 6.03. The fourth-order valence-electron chi connectivity index (χ4n) is 2.00. The first-order valence-electron chi connectivity index (χ1n) is 5.94. The van der Waals surface area contributed by atoms with Crippen LogP contribution in [0, 0.1) is 5.82 Å². The lowest BCUT2D eigenvalue weighted by Gasteiger charge is -2.11. The highest BCUT2D eigenvalue weighted by atomic mass is 35.5. The van der Waals surface area contributed by atoms with E-state index in [1.807, 2.05) is 6.33 Å². The van der Waals surface area contributed by atoms with E-state index < -0.39 is 0 Å². The van der Waals surface area contributed by atoms with Gasteiger partial charge in [0.1, 0.15) is 5.82 Å². The van der Waals surface area contributed by atoms with Crippen molar-refractivity contribution in [2.45, 2.75) is 25.4 Å². The van der Waals surface area contributed by atoms with Crippen LogP contribution in [0.5, 0.6) is 0 Å². The molecule has 0 spiro atoms. The van der Waals surface area contributed by atoms with Crippen LogP contribution < -0.4 is 5.32 Å². The highest BCUT2D eigenvalue weighted by Gasteiger charge is 2.25. The van der Waals surface area contributed by atoms with E-state index in [9.17, 15) is 4.39 Å². The number of benzene rings is 1. The monoisotopic (exact) mass is 265 g/mol. The second kappa shape index (κ2) is 4.61. The Bertz CT molecular complexity index is 543. The Morgan fingerprint density at radius 3 is 3.00 bits per heavy atom. The maximum absolute atomic E-state index is 13.6. The summed E-state index contributed by atoms with van der Waals surface area (Å²) in [4.78, 5) is 4.14. The normalized spacial score (nSPS) is 14.8. The number of nitrogens with one attached hydrogen (secondary N) is 1. The predicted octanol–water partition coefficient (Wildman–Crippen LogP) is 3.62. The molecule has 1 aliphatic rings. The molecule has 5 heteroatoms. The van der Waals surface area contributed by atoms with Crippen LogP contribution in [0.25, 0.3) is 0 Å². The third kappa shape index (κ3) is 2.20. The smallest absolute Gasteiger partial charge is 0.147 e. The van der Waals surface area contributed by atoms with E-state index in [1.165, 1.54) is 18.9 Å². The number of nitrogens with zero attached hydrogens (tertiary/aromatic N) is 2. The van der Waals surface area contributed by atoms with Crippen LogP contribution in [-0.2, 0) is 6.54 Å². The zero-order valence-electron chi connectivity index (χ0n) is 9.74. The van der Waals surface area contributed by atoms with Gasteiger partial charge < -0.3 is 9.88 Å². The summed E-state index contributed by atoms with van der Waals surface area (Å²) in [7, 11) is 0. The molecular formula is C13H13ClFN3. The Labute approximate surface area is 110 Å². The van der Waals surface area contributed by atoms with Crippen LogP contribution in [0.3, 0.4) is 0 Å². The second-order valence-electron chi connectivity index (χ2n) is 4.47. The summed E-state index contributed by atoms with van der Waals surface area (Å²) in [5.74, 6) is -0.333. The molecule has 1 aromatic carbocycles. The lowest BCUT2D eigenvalue weighted by Crippen LogP contribution is -2.07. The van der Waals surface area contributed by atoms with Gasteiger partial charge in [0.2, 0.25) is 0 Å². The fraction of sp³-hybridized carbons (Fsp3) is 0.308. The first-order chi connectivity index (χ1) is 8.75. The molecule has 1 heterocycles. The number of hydrogen-bond acceptors (Lipinski definition) is 2. The minimum absolute atomic E-state index is 0.333. The summed E-state index contributed by atoms with van der Waals surface area (Å²) in [5.41, 5.74) is 1.40. The first kappa shape index (κ1) is 11.5. The van der Waals surface area contributed by atoms with Crippen molar-refractivity contribution in [2.24, 2.45) is 0 Å². The van der Waals surface area contributed by atoms with Crippen molar-refractivity contribution in [1.82, 2.24) is 9.55 Å². The largest absolute Gasteiger partial charge is 0.376 e. The maximum Gasteiger partial charge on any atom is 0.147 e. The Morgan fingerprint density at radius 2 is 2.28 bits per heavy atom. The number of anilines is 1. The molecule has 0 unspecified atom stereocenters. The van der Waals surface area contributed by atoms with E-state index >= 15 is 0 Å². The fourth-order valence-corrected chi connectivity index (χ4v) is 2.23. The molecule has 0 bridgehead atoms. The maximum atomic E-state index is 13.6. The number of para-hydroxylation sites is 1. The van der Waals surface area contributed by atoms with Gasteiger partial charge in [0.15, 0.2) is 0 Å². The van der Waals surface area contributed by atoms with Gasteiger partial charge in [0.25, 0.3) is 0 Å². The minimum atomic E-state index is -0.333. The van der Waals surface area contributed by atoms with Crippen molar-refractivity contribution in [3.63, 3.8) is 0 Å². The molecule has 0 atom stereocenters. The van der Waals surface area contributed by atoms with Crippen molar-refractivity contribution in [2.75, 3.05) is 5.32 Å². The number of imidazole rings is 1. The summed E-state index contributed by atoms with van der Waals surface area (Å²) >= 11 is 5.96. The number of aromatic nitrogens is 2. The molecule has 1 saturated carbocycles. The van der Waals surface area contributed by atoms with Crippen LogP contribution in [0.15, 0.2) is 30.7 Å². The molecule has 2 aromatic rings. The van der Waals surface area contributed by atoms with Gasteiger partial charge in [-0.05, 0) is 25.0 Å². The van der Waals surface area contributed by atoms with E-state index in [2.05, 4.69) is 14.9 Å². The summed E-state index contributed by atoms with van der Waals surface area (Å²) in [6.45, 7) is 0.525. The van der Waals surface area contributed by atoms with Crippen molar-refractivity contribution in [3.05, 3.63) is 47.3 Å². The zero-order valence-corrected chi connectivity index (χ0v) is 10.5. The highest BCUT2D eigenvalue weighted by Crippen LogP contribution is 2.35. The molecule has 18 heavy (non-hydrogen) atoms. The molecule has 1 fully saturated rings. The van der Waals surface area contributed by atoms with Gasteiger partial charge in [-0.15, -0.1) is 0 Å².